The number of amides is 1. The lowest BCUT2D eigenvalue weighted by Gasteiger charge is -2.34. The van der Waals surface area contributed by atoms with Crippen molar-refractivity contribution in [2.45, 2.75) is 13.0 Å². The topological polar surface area (TPSA) is 69.7 Å². The van der Waals surface area contributed by atoms with E-state index in [1.54, 1.807) is 12.3 Å². The highest BCUT2D eigenvalue weighted by Crippen LogP contribution is 2.23. The van der Waals surface area contributed by atoms with Gasteiger partial charge in [-0.05, 0) is 34.5 Å². The van der Waals surface area contributed by atoms with Gasteiger partial charge in [0.2, 0.25) is 0 Å². The number of nitrogens with one attached hydrogen (secondary N) is 2. The van der Waals surface area contributed by atoms with Gasteiger partial charge in [0.1, 0.15) is 5.69 Å². The van der Waals surface area contributed by atoms with Crippen LogP contribution in [-0.2, 0) is 4.74 Å². The maximum absolute atomic E-state index is 12.2. The van der Waals surface area contributed by atoms with Crippen LogP contribution in [0.15, 0.2) is 52.2 Å². The molecule has 2 aromatic rings. The zero-order chi connectivity index (χ0) is 17.6. The molecule has 2 N–H and O–H groups in total. The van der Waals surface area contributed by atoms with E-state index in [1.807, 2.05) is 25.1 Å². The van der Waals surface area contributed by atoms with Gasteiger partial charge in [0, 0.05) is 23.8 Å². The molecule has 0 aliphatic carbocycles. The van der Waals surface area contributed by atoms with Crippen LogP contribution in [0.5, 0.6) is 0 Å². The minimum absolute atomic E-state index is 0.0146. The van der Waals surface area contributed by atoms with Gasteiger partial charge in [-0.25, -0.2) is 5.43 Å². The number of aromatic amines is 1. The fraction of sp³-hybridized carbons (Fsp3) is 0.333. The molecule has 25 heavy (non-hydrogen) atoms. The molecular formula is C18H21BrN4O2. The molecule has 7 heteroatoms. The fourth-order valence-electron chi connectivity index (χ4n) is 2.95. The highest BCUT2D eigenvalue weighted by Gasteiger charge is 2.25. The van der Waals surface area contributed by atoms with Crippen LogP contribution >= 0.6 is 15.9 Å². The van der Waals surface area contributed by atoms with Crippen molar-refractivity contribution in [3.8, 4) is 0 Å². The van der Waals surface area contributed by atoms with E-state index in [0.29, 0.717) is 18.9 Å². The molecule has 0 unspecified atom stereocenters. The third-order valence-electron chi connectivity index (χ3n) is 4.15. The Hall–Kier alpha value is -1.96. The summed E-state index contributed by atoms with van der Waals surface area (Å²) in [4.78, 5) is 17.4. The lowest BCUT2D eigenvalue weighted by Crippen LogP contribution is -2.42. The van der Waals surface area contributed by atoms with Crippen LogP contribution in [0.25, 0.3) is 0 Å². The smallest absolute Gasteiger partial charge is 0.287 e. The van der Waals surface area contributed by atoms with Gasteiger partial charge in [0.15, 0.2) is 0 Å². The first-order valence-electron chi connectivity index (χ1n) is 8.20. The minimum atomic E-state index is -0.265. The Morgan fingerprint density at radius 1 is 1.32 bits per heavy atom. The molecule has 1 fully saturated rings. The van der Waals surface area contributed by atoms with Crippen molar-refractivity contribution in [1.29, 1.82) is 0 Å². The summed E-state index contributed by atoms with van der Waals surface area (Å²) in [5.41, 5.74) is 5.10. The Labute approximate surface area is 155 Å². The van der Waals surface area contributed by atoms with Crippen molar-refractivity contribution < 1.29 is 9.53 Å². The quantitative estimate of drug-likeness (QED) is 0.594. The molecule has 6 nitrogen and oxygen atoms in total. The second-order valence-electron chi connectivity index (χ2n) is 5.89. The average molecular weight is 405 g/mol. The summed E-state index contributed by atoms with van der Waals surface area (Å²) in [6, 6.07) is 11.9. The van der Waals surface area contributed by atoms with Crippen LogP contribution in [0.2, 0.25) is 0 Å². The zero-order valence-electron chi connectivity index (χ0n) is 14.0. The summed E-state index contributed by atoms with van der Waals surface area (Å²) in [5.74, 6) is -0.265. The molecule has 0 bridgehead atoms. The van der Waals surface area contributed by atoms with Gasteiger partial charge in [0.05, 0.1) is 25.0 Å². The number of carbonyl (C=O) groups is 1. The molecule has 1 aliphatic rings. The van der Waals surface area contributed by atoms with E-state index >= 15 is 0 Å². The molecule has 1 aliphatic heterocycles. The zero-order valence-corrected chi connectivity index (χ0v) is 15.6. The number of morpholine rings is 1. The van der Waals surface area contributed by atoms with Crippen LogP contribution in [0.3, 0.4) is 0 Å². The molecule has 1 atom stereocenters. The van der Waals surface area contributed by atoms with Crippen molar-refractivity contribution in [2.24, 2.45) is 5.10 Å². The number of aromatic nitrogens is 1. The summed E-state index contributed by atoms with van der Waals surface area (Å²) in [5, 5.41) is 4.36. The average Bonchev–Trinajstić information content (AvgIpc) is 3.08. The third kappa shape index (κ3) is 4.56. The second-order valence-corrected chi connectivity index (χ2v) is 6.80. The van der Waals surface area contributed by atoms with E-state index in [1.165, 1.54) is 0 Å². The Balaban J connectivity index is 1.78. The first-order valence-corrected chi connectivity index (χ1v) is 8.99. The second kappa shape index (κ2) is 8.42. The van der Waals surface area contributed by atoms with Crippen molar-refractivity contribution in [2.75, 3.05) is 26.3 Å². The number of hydrazone groups is 1. The molecule has 3 rings (SSSR count). The summed E-state index contributed by atoms with van der Waals surface area (Å²) in [6.07, 6.45) is 1.71. The molecule has 1 aromatic carbocycles. The minimum Gasteiger partial charge on any atom is -0.379 e. The molecule has 1 amide bonds. The van der Waals surface area contributed by atoms with Gasteiger partial charge in [0.25, 0.3) is 5.91 Å². The van der Waals surface area contributed by atoms with Crippen LogP contribution in [0.4, 0.5) is 0 Å². The Morgan fingerprint density at radius 3 is 2.68 bits per heavy atom. The van der Waals surface area contributed by atoms with Gasteiger partial charge < -0.3 is 9.72 Å². The van der Waals surface area contributed by atoms with E-state index in [4.69, 9.17) is 4.74 Å². The van der Waals surface area contributed by atoms with Crippen molar-refractivity contribution in [3.63, 3.8) is 0 Å². The maximum Gasteiger partial charge on any atom is 0.287 e. The van der Waals surface area contributed by atoms with Gasteiger partial charge >= 0.3 is 0 Å². The number of hydrogen-bond donors (Lipinski definition) is 2. The number of hydrogen-bond acceptors (Lipinski definition) is 4. The summed E-state index contributed by atoms with van der Waals surface area (Å²) in [7, 11) is 0. The number of H-pyrrole nitrogens is 1. The predicted molar refractivity (Wildman–Crippen MR) is 101 cm³/mol. The van der Waals surface area contributed by atoms with E-state index in [2.05, 4.69) is 48.5 Å². The van der Waals surface area contributed by atoms with Crippen molar-refractivity contribution >= 4 is 27.5 Å². The fourth-order valence-corrected chi connectivity index (χ4v) is 3.29. The molecule has 0 saturated carbocycles. The van der Waals surface area contributed by atoms with Crippen molar-refractivity contribution in [3.05, 3.63) is 58.3 Å². The summed E-state index contributed by atoms with van der Waals surface area (Å²) < 4.78 is 6.29. The first kappa shape index (κ1) is 17.8. The Bertz CT molecular complexity index is 739. The largest absolute Gasteiger partial charge is 0.379 e. The van der Waals surface area contributed by atoms with Crippen LogP contribution in [-0.4, -0.2) is 47.8 Å². The number of nitrogens with zero attached hydrogens (tertiary/aromatic N) is 2. The molecular weight excluding hydrogens is 384 g/mol. The molecule has 0 radical (unpaired) electrons. The number of halogens is 1. The van der Waals surface area contributed by atoms with Crippen LogP contribution in [0.1, 0.15) is 29.0 Å². The third-order valence-corrected chi connectivity index (χ3v) is 4.61. The normalized spacial score (nSPS) is 17.3. The molecule has 1 saturated heterocycles. The standard InChI is InChI=1S/C18H21BrN4O2/c1-13(21-22-18(24)16-11-15(19)12-20-16)17(14-5-3-2-4-6-14)23-7-9-25-10-8-23/h2-6,11-12,17,20H,7-10H2,1H3,(H,22,24)/b21-13-/t17-/m0/s1. The monoisotopic (exact) mass is 404 g/mol. The molecule has 0 spiro atoms. The van der Waals surface area contributed by atoms with Crippen LogP contribution < -0.4 is 5.43 Å². The van der Waals surface area contributed by atoms with Crippen molar-refractivity contribution in [1.82, 2.24) is 15.3 Å². The number of carbonyl (C=O) groups excluding carboxylic acids is 1. The Kier molecular flexibility index (Phi) is 6.01. The van der Waals surface area contributed by atoms with Crippen LogP contribution in [0, 0.1) is 0 Å². The lowest BCUT2D eigenvalue weighted by molar-refractivity contribution is 0.0285. The highest BCUT2D eigenvalue weighted by atomic mass is 79.9. The summed E-state index contributed by atoms with van der Waals surface area (Å²) in [6.45, 7) is 5.03. The molecule has 2 heterocycles. The van der Waals surface area contributed by atoms with E-state index in [9.17, 15) is 4.79 Å². The van der Waals surface area contributed by atoms with E-state index in [-0.39, 0.29) is 11.9 Å². The van der Waals surface area contributed by atoms with E-state index in [0.717, 1.165) is 28.8 Å². The van der Waals surface area contributed by atoms with Gasteiger partial charge in [-0.2, -0.15) is 5.10 Å². The predicted octanol–water partition coefficient (Wildman–Crippen LogP) is 2.96. The first-order chi connectivity index (χ1) is 12.1. The highest BCUT2D eigenvalue weighted by molar-refractivity contribution is 9.10. The van der Waals surface area contributed by atoms with E-state index < -0.39 is 0 Å². The van der Waals surface area contributed by atoms with Gasteiger partial charge in [-0.3, -0.25) is 9.69 Å². The number of ether oxygens (including phenoxy) is 1. The maximum atomic E-state index is 12.2. The molecule has 1 aromatic heterocycles. The van der Waals surface area contributed by atoms with Gasteiger partial charge in [-0.15, -0.1) is 0 Å². The molecule has 132 valence electrons. The summed E-state index contributed by atoms with van der Waals surface area (Å²) >= 11 is 3.32. The van der Waals surface area contributed by atoms with Gasteiger partial charge in [-0.1, -0.05) is 30.3 Å². The number of rotatable bonds is 5. The Morgan fingerprint density at radius 2 is 2.04 bits per heavy atom. The number of benzene rings is 1. The SMILES string of the molecule is C/C(=N/NC(=O)c1cc(Br)c[nH]1)[C@@H](c1ccccc1)N1CCOCC1. The lowest BCUT2D eigenvalue weighted by atomic mass is 10.0.